The van der Waals surface area contributed by atoms with E-state index in [4.69, 9.17) is 11.6 Å². The van der Waals surface area contributed by atoms with Crippen molar-refractivity contribution in [1.82, 2.24) is 9.97 Å². The highest BCUT2D eigenvalue weighted by atomic mass is 35.5. The minimum absolute atomic E-state index is 0.393. The Bertz CT molecular complexity index is 568. The number of hydrogen-bond acceptors (Lipinski definition) is 4. The quantitative estimate of drug-likeness (QED) is 0.790. The zero-order valence-electron chi connectivity index (χ0n) is 10.6. The molecule has 2 aromatic heterocycles. The first-order valence-electron chi connectivity index (χ1n) is 6.24. The van der Waals surface area contributed by atoms with Crippen molar-refractivity contribution >= 4 is 39.0 Å². The summed E-state index contributed by atoms with van der Waals surface area (Å²) in [5, 5.41) is 1.17. The summed E-state index contributed by atoms with van der Waals surface area (Å²) in [6.45, 7) is 5.42. The fourth-order valence-corrected chi connectivity index (χ4v) is 4.01. The zero-order chi connectivity index (χ0) is 12.7. The monoisotopic (exact) mass is 281 g/mol. The van der Waals surface area contributed by atoms with Gasteiger partial charge in [0.05, 0.1) is 5.39 Å². The van der Waals surface area contributed by atoms with Gasteiger partial charge in [0.25, 0.3) is 0 Å². The standard InChI is InChI=1S/C13H16ClN3S/c1-8-3-4-17(11(8)6-14)12-10-5-9(2)18-13(10)16-7-15-12/h5,7-8,11H,3-4,6H2,1-2H3. The molecular formula is C13H16ClN3S. The van der Waals surface area contributed by atoms with Crippen molar-refractivity contribution in [2.24, 2.45) is 5.92 Å². The number of halogens is 1. The van der Waals surface area contributed by atoms with E-state index in [0.717, 1.165) is 17.2 Å². The Morgan fingerprint density at radius 2 is 2.33 bits per heavy atom. The van der Waals surface area contributed by atoms with Gasteiger partial charge in [-0.3, -0.25) is 0 Å². The van der Waals surface area contributed by atoms with Gasteiger partial charge in [0.1, 0.15) is 17.0 Å². The summed E-state index contributed by atoms with van der Waals surface area (Å²) < 4.78 is 0. The van der Waals surface area contributed by atoms with Crippen molar-refractivity contribution < 1.29 is 0 Å². The van der Waals surface area contributed by atoms with Crippen LogP contribution >= 0.6 is 22.9 Å². The topological polar surface area (TPSA) is 29.0 Å². The van der Waals surface area contributed by atoms with Crippen molar-refractivity contribution in [2.45, 2.75) is 26.3 Å². The molecule has 0 aliphatic carbocycles. The zero-order valence-corrected chi connectivity index (χ0v) is 12.1. The molecule has 3 nitrogen and oxygen atoms in total. The van der Waals surface area contributed by atoms with Crippen LogP contribution in [0.3, 0.4) is 0 Å². The summed E-state index contributed by atoms with van der Waals surface area (Å²) in [6.07, 6.45) is 2.86. The highest BCUT2D eigenvalue weighted by Gasteiger charge is 2.32. The van der Waals surface area contributed by atoms with Gasteiger partial charge in [-0.25, -0.2) is 9.97 Å². The van der Waals surface area contributed by atoms with Crippen molar-refractivity contribution in [2.75, 3.05) is 17.3 Å². The van der Waals surface area contributed by atoms with Crippen LogP contribution in [0.5, 0.6) is 0 Å². The third kappa shape index (κ3) is 1.88. The van der Waals surface area contributed by atoms with E-state index in [9.17, 15) is 0 Å². The number of thiophene rings is 1. The van der Waals surface area contributed by atoms with Gasteiger partial charge >= 0.3 is 0 Å². The number of hydrogen-bond donors (Lipinski definition) is 0. The molecule has 1 aliphatic rings. The molecule has 3 rings (SSSR count). The fraction of sp³-hybridized carbons (Fsp3) is 0.538. The van der Waals surface area contributed by atoms with Gasteiger partial charge in [0.2, 0.25) is 0 Å². The van der Waals surface area contributed by atoms with Gasteiger partial charge in [-0.2, -0.15) is 0 Å². The summed E-state index contributed by atoms with van der Waals surface area (Å²) >= 11 is 7.85. The van der Waals surface area contributed by atoms with Crippen LogP contribution in [-0.2, 0) is 0 Å². The Morgan fingerprint density at radius 3 is 3.11 bits per heavy atom. The van der Waals surface area contributed by atoms with Crippen LogP contribution in [0.4, 0.5) is 5.82 Å². The molecule has 1 fully saturated rings. The molecule has 2 atom stereocenters. The highest BCUT2D eigenvalue weighted by molar-refractivity contribution is 7.18. The van der Waals surface area contributed by atoms with Crippen LogP contribution in [0.1, 0.15) is 18.2 Å². The number of aromatic nitrogens is 2. The van der Waals surface area contributed by atoms with Crippen molar-refractivity contribution in [1.29, 1.82) is 0 Å². The normalized spacial score (nSPS) is 24.1. The second kappa shape index (κ2) is 4.67. The molecule has 0 N–H and O–H groups in total. The molecule has 0 spiro atoms. The van der Waals surface area contributed by atoms with Gasteiger partial charge in [0.15, 0.2) is 0 Å². The van der Waals surface area contributed by atoms with E-state index in [0.29, 0.717) is 17.8 Å². The largest absolute Gasteiger partial charge is 0.352 e. The molecule has 0 radical (unpaired) electrons. The van der Waals surface area contributed by atoms with Gasteiger partial charge in [-0.1, -0.05) is 6.92 Å². The number of rotatable bonds is 2. The van der Waals surface area contributed by atoms with E-state index in [1.54, 1.807) is 17.7 Å². The van der Waals surface area contributed by atoms with Crippen LogP contribution in [0.25, 0.3) is 10.2 Å². The molecule has 2 unspecified atom stereocenters. The first kappa shape index (κ1) is 12.2. The van der Waals surface area contributed by atoms with E-state index < -0.39 is 0 Å². The Labute approximate surface area is 116 Å². The minimum atomic E-state index is 0.393. The summed E-state index contributed by atoms with van der Waals surface area (Å²) in [5.41, 5.74) is 0. The summed E-state index contributed by atoms with van der Waals surface area (Å²) in [5.74, 6) is 2.35. The molecule has 1 aliphatic heterocycles. The second-order valence-corrected chi connectivity index (χ2v) is 6.50. The maximum Gasteiger partial charge on any atom is 0.141 e. The van der Waals surface area contributed by atoms with E-state index in [2.05, 4.69) is 34.8 Å². The molecule has 0 aromatic carbocycles. The highest BCUT2D eigenvalue weighted by Crippen LogP contribution is 2.35. The van der Waals surface area contributed by atoms with Crippen LogP contribution in [0.15, 0.2) is 12.4 Å². The van der Waals surface area contributed by atoms with Crippen molar-refractivity contribution in [3.05, 3.63) is 17.3 Å². The lowest BCUT2D eigenvalue weighted by Crippen LogP contribution is -2.34. The molecule has 2 aromatic rings. The molecule has 96 valence electrons. The first-order valence-corrected chi connectivity index (χ1v) is 7.59. The summed E-state index contributed by atoms with van der Waals surface area (Å²) in [7, 11) is 0. The van der Waals surface area contributed by atoms with Crippen LogP contribution in [0, 0.1) is 12.8 Å². The lowest BCUT2D eigenvalue weighted by atomic mass is 10.1. The maximum atomic E-state index is 6.12. The number of alkyl halides is 1. The Hall–Kier alpha value is -0.870. The Kier molecular flexibility index (Phi) is 3.16. The van der Waals surface area contributed by atoms with E-state index >= 15 is 0 Å². The number of fused-ring (bicyclic) bond motifs is 1. The van der Waals surface area contributed by atoms with Crippen LogP contribution in [0.2, 0.25) is 0 Å². The van der Waals surface area contributed by atoms with Crippen molar-refractivity contribution in [3.63, 3.8) is 0 Å². The lowest BCUT2D eigenvalue weighted by Gasteiger charge is -2.26. The average molecular weight is 282 g/mol. The Morgan fingerprint density at radius 1 is 1.50 bits per heavy atom. The van der Waals surface area contributed by atoms with Crippen molar-refractivity contribution in [3.8, 4) is 0 Å². The molecular weight excluding hydrogens is 266 g/mol. The number of nitrogens with zero attached hydrogens (tertiary/aromatic N) is 3. The molecule has 0 bridgehead atoms. The average Bonchev–Trinajstić information content (AvgIpc) is 2.90. The number of anilines is 1. The SMILES string of the molecule is Cc1cc2c(N3CCC(C)C3CCl)ncnc2s1. The molecule has 1 saturated heterocycles. The van der Waals surface area contributed by atoms with E-state index in [1.165, 1.54) is 16.7 Å². The predicted octanol–water partition coefficient (Wildman–Crippen LogP) is 3.45. The molecule has 3 heterocycles. The van der Waals surface area contributed by atoms with Gasteiger partial charge in [-0.05, 0) is 25.3 Å². The smallest absolute Gasteiger partial charge is 0.141 e. The third-order valence-corrected chi connectivity index (χ3v) is 5.02. The van der Waals surface area contributed by atoms with Crippen LogP contribution in [-0.4, -0.2) is 28.4 Å². The number of aryl methyl sites for hydroxylation is 1. The molecule has 18 heavy (non-hydrogen) atoms. The predicted molar refractivity (Wildman–Crippen MR) is 77.8 cm³/mol. The lowest BCUT2D eigenvalue weighted by molar-refractivity contribution is 0.549. The molecule has 5 heteroatoms. The fourth-order valence-electron chi connectivity index (χ4n) is 2.70. The van der Waals surface area contributed by atoms with Gasteiger partial charge in [0, 0.05) is 23.3 Å². The third-order valence-electron chi connectivity index (χ3n) is 3.74. The van der Waals surface area contributed by atoms with E-state index in [-0.39, 0.29) is 0 Å². The first-order chi connectivity index (χ1) is 8.70. The van der Waals surface area contributed by atoms with Gasteiger partial charge < -0.3 is 4.90 Å². The molecule has 0 amide bonds. The second-order valence-electron chi connectivity index (χ2n) is 4.95. The Balaban J connectivity index is 2.08. The van der Waals surface area contributed by atoms with Crippen LogP contribution < -0.4 is 4.90 Å². The maximum absolute atomic E-state index is 6.12. The van der Waals surface area contributed by atoms with E-state index in [1.807, 2.05) is 0 Å². The summed E-state index contributed by atoms with van der Waals surface area (Å²) in [4.78, 5) is 13.6. The minimum Gasteiger partial charge on any atom is -0.352 e. The summed E-state index contributed by atoms with van der Waals surface area (Å²) in [6, 6.07) is 2.58. The molecule has 0 saturated carbocycles. The van der Waals surface area contributed by atoms with Gasteiger partial charge in [-0.15, -0.1) is 22.9 Å².